The number of carbonyl (C=O) groups is 4. The standard InChI is InChI=1S/C26H24N4O2.C23H24ClN3O5.C19H28BNO3.CH4/c31-26-24-21-7-5-19-14-27-20(13-22(19)25(21)29-23(24)15-28-26)6-4-17-2-1-3-18(12-17)16-30-8-10-32-11-9-30;1-22(2,3)31-20(29)26-11-15-17(19(26)28)13-8-7-12-10-25-16(24)9-14(12)18(13)27(15)21(30)32-23(4,5)6;1-18(2)19(3,4)24-20(23-18)9-8-16-6-5-7-17(14-16)15-21-10-12-22-13-11-21;/h1-7,12-14,27H,8-11,15-16H2,(H,28,31);7-10H,11H2,1-6H3;5-9,14H,10-13,15H2,1-4H3;1H4/b6-4+;;9-8+;. The Bertz CT molecular complexity index is 4040. The van der Waals surface area contributed by atoms with Crippen molar-refractivity contribution in [2.24, 2.45) is 0 Å². The van der Waals surface area contributed by atoms with Crippen molar-refractivity contribution in [3.8, 4) is 0 Å². The van der Waals surface area contributed by atoms with Gasteiger partial charge in [0.2, 0.25) is 0 Å². The zero-order valence-electron chi connectivity index (χ0n) is 51.8. The second-order valence-electron chi connectivity index (χ2n) is 25.8. The molecule has 0 unspecified atom stereocenters. The molecule has 20 heteroatoms. The van der Waals surface area contributed by atoms with Crippen molar-refractivity contribution in [3.05, 3.63) is 159 Å². The van der Waals surface area contributed by atoms with Crippen molar-refractivity contribution >= 4 is 104 Å². The molecule has 0 spiro atoms. The van der Waals surface area contributed by atoms with Gasteiger partial charge in [-0.05, 0) is 115 Å². The lowest BCUT2D eigenvalue weighted by Gasteiger charge is -2.32. The molecule has 3 amide bonds. The first-order valence-corrected chi connectivity index (χ1v) is 30.4. The van der Waals surface area contributed by atoms with E-state index in [4.69, 9.17) is 44.8 Å². The minimum Gasteiger partial charge on any atom is -0.443 e. The van der Waals surface area contributed by atoms with E-state index < -0.39 is 29.3 Å². The van der Waals surface area contributed by atoms with Gasteiger partial charge in [-0.1, -0.05) is 110 Å². The fraction of sp³-hybridized carbons (Fsp3) is 0.391. The molecular formula is C69H80BClN8O10. The highest BCUT2D eigenvalue weighted by Crippen LogP contribution is 2.40. The summed E-state index contributed by atoms with van der Waals surface area (Å²) in [4.78, 5) is 69.5. The van der Waals surface area contributed by atoms with Crippen molar-refractivity contribution in [2.45, 2.75) is 125 Å². The van der Waals surface area contributed by atoms with Gasteiger partial charge in [0.15, 0.2) is 0 Å². The number of morpholine rings is 2. The Balaban J connectivity index is 0.000000148. The van der Waals surface area contributed by atoms with Crippen molar-refractivity contribution in [2.75, 3.05) is 52.6 Å². The molecule has 0 atom stereocenters. The monoisotopic (exact) mass is 1230 g/mol. The molecule has 2 N–H and O–H groups in total. The van der Waals surface area contributed by atoms with E-state index in [9.17, 15) is 19.2 Å². The summed E-state index contributed by atoms with van der Waals surface area (Å²) in [6, 6.07) is 28.6. The van der Waals surface area contributed by atoms with E-state index in [0.29, 0.717) is 28.5 Å². The summed E-state index contributed by atoms with van der Waals surface area (Å²) in [7, 11) is -0.294. The predicted molar refractivity (Wildman–Crippen MR) is 351 cm³/mol. The maximum Gasteiger partial charge on any atom is 0.487 e. The van der Waals surface area contributed by atoms with Gasteiger partial charge in [-0.3, -0.25) is 19.4 Å². The first kappa shape index (κ1) is 64.2. The molecule has 13 rings (SSSR count). The topological polar surface area (TPSA) is 192 Å². The molecule has 89 heavy (non-hydrogen) atoms. The first-order chi connectivity index (χ1) is 41.9. The Kier molecular flexibility index (Phi) is 18.8. The zero-order chi connectivity index (χ0) is 62.3. The second-order valence-corrected chi connectivity index (χ2v) is 26.1. The average molecular weight is 1230 g/mol. The highest BCUT2D eigenvalue weighted by atomic mass is 35.5. The lowest BCUT2D eigenvalue weighted by molar-refractivity contribution is 0.00578. The summed E-state index contributed by atoms with van der Waals surface area (Å²) >= 11 is 6.13. The van der Waals surface area contributed by atoms with Gasteiger partial charge in [0.05, 0.1) is 84.3 Å². The number of rotatable bonds is 8. The van der Waals surface area contributed by atoms with Crippen LogP contribution in [0.3, 0.4) is 0 Å². The summed E-state index contributed by atoms with van der Waals surface area (Å²) in [5, 5.41) is 8.11. The molecule has 466 valence electrons. The summed E-state index contributed by atoms with van der Waals surface area (Å²) in [5.41, 5.74) is 7.46. The minimum absolute atomic E-state index is 0. The maximum atomic E-state index is 13.3. The van der Waals surface area contributed by atoms with Gasteiger partial charge in [-0.2, -0.15) is 0 Å². The van der Waals surface area contributed by atoms with Crippen LogP contribution in [-0.2, 0) is 54.4 Å². The van der Waals surface area contributed by atoms with E-state index in [-0.39, 0.29) is 48.9 Å². The summed E-state index contributed by atoms with van der Waals surface area (Å²) < 4.78 is 35.3. The van der Waals surface area contributed by atoms with Crippen LogP contribution in [-0.4, -0.2) is 140 Å². The molecule has 18 nitrogen and oxygen atoms in total. The number of hydrogen-bond donors (Lipinski definition) is 2. The molecule has 5 aliphatic heterocycles. The molecule has 3 saturated heterocycles. The highest BCUT2D eigenvalue weighted by molar-refractivity contribution is 6.52. The third kappa shape index (κ3) is 14.5. The Labute approximate surface area is 525 Å². The van der Waals surface area contributed by atoms with Gasteiger partial charge >= 0.3 is 19.3 Å². The SMILES string of the molecule is C.CC(C)(C)OC(=O)N1Cc2c(c3ccc4cnc(Cl)cc4c3n2C(=O)OC(C)(C)C)C1=O.CC1(C)OB(/C=C/c2cccc(CN3CCOCC3)c2)OC1(C)C.O=C1NCc2nc3c(ccc4c[nH]c(/C=C/c5cccc(CN6CCOCC6)c5)cc43)c21. The van der Waals surface area contributed by atoms with Crippen LogP contribution in [0, 0.1) is 0 Å². The zero-order valence-corrected chi connectivity index (χ0v) is 52.5. The number of nitrogens with zero attached hydrogens (tertiary/aromatic N) is 6. The van der Waals surface area contributed by atoms with Crippen LogP contribution in [0.4, 0.5) is 9.59 Å². The molecule has 0 bridgehead atoms. The number of carbonyl (C=O) groups excluding carboxylic acids is 4. The van der Waals surface area contributed by atoms with Crippen molar-refractivity contribution in [1.82, 2.24) is 39.5 Å². The number of nitrogens with one attached hydrogen (secondary N) is 2. The van der Waals surface area contributed by atoms with Crippen molar-refractivity contribution in [1.29, 1.82) is 0 Å². The van der Waals surface area contributed by atoms with E-state index in [0.717, 1.165) is 115 Å². The van der Waals surface area contributed by atoms with Gasteiger partial charge in [-0.25, -0.2) is 29.0 Å². The number of pyridine rings is 2. The average Bonchev–Trinajstić information content (AvgIpc) is 1.60. The van der Waals surface area contributed by atoms with Crippen molar-refractivity contribution in [3.63, 3.8) is 0 Å². The second kappa shape index (κ2) is 26.0. The number of aromatic amines is 1. The van der Waals surface area contributed by atoms with Crippen LogP contribution in [0.15, 0.2) is 103 Å². The van der Waals surface area contributed by atoms with E-state index in [2.05, 4.69) is 126 Å². The van der Waals surface area contributed by atoms with Crippen LogP contribution in [0.25, 0.3) is 61.6 Å². The highest BCUT2D eigenvalue weighted by Gasteiger charge is 2.50. The first-order valence-electron chi connectivity index (χ1n) is 30.0. The van der Waals surface area contributed by atoms with Gasteiger partial charge in [-0.15, -0.1) is 0 Å². The summed E-state index contributed by atoms with van der Waals surface area (Å²) in [6.07, 6.45) is 8.50. The molecular weight excluding hydrogens is 1150 g/mol. The van der Waals surface area contributed by atoms with Gasteiger partial charge in [0, 0.05) is 84.3 Å². The molecule has 4 aromatic heterocycles. The van der Waals surface area contributed by atoms with Gasteiger partial charge in [0.25, 0.3) is 11.8 Å². The summed E-state index contributed by atoms with van der Waals surface area (Å²) in [5.74, 6) is 1.45. The number of halogens is 1. The molecule has 0 saturated carbocycles. The minimum atomic E-state index is -0.771. The van der Waals surface area contributed by atoms with Crippen LogP contribution >= 0.6 is 11.6 Å². The van der Waals surface area contributed by atoms with Gasteiger partial charge < -0.3 is 38.6 Å². The lowest BCUT2D eigenvalue weighted by atomic mass is 9.89. The van der Waals surface area contributed by atoms with Crippen LogP contribution in [0.2, 0.25) is 5.15 Å². The maximum absolute atomic E-state index is 13.3. The molecule has 0 aliphatic carbocycles. The Morgan fingerprint density at radius 1 is 0.697 bits per heavy atom. The van der Waals surface area contributed by atoms with E-state index in [1.54, 1.807) is 65.9 Å². The quantitative estimate of drug-likeness (QED) is 0.108. The summed E-state index contributed by atoms with van der Waals surface area (Å²) in [6.45, 7) is 28.3. The molecule has 9 heterocycles. The predicted octanol–water partition coefficient (Wildman–Crippen LogP) is 13.3. The number of H-pyrrole nitrogens is 1. The third-order valence-electron chi connectivity index (χ3n) is 16.3. The number of amides is 3. The Morgan fingerprint density at radius 2 is 1.28 bits per heavy atom. The number of fused-ring (bicyclic) bond motifs is 10. The van der Waals surface area contributed by atoms with Crippen molar-refractivity contribution < 1.29 is 47.4 Å². The normalized spacial score (nSPS) is 17.6. The van der Waals surface area contributed by atoms with E-state index in [1.165, 1.54) is 26.8 Å². The largest absolute Gasteiger partial charge is 0.487 e. The Hall–Kier alpha value is -7.75. The smallest absolute Gasteiger partial charge is 0.443 e. The number of aromatic nitrogens is 4. The number of ether oxygens (including phenoxy) is 4. The van der Waals surface area contributed by atoms with Crippen LogP contribution in [0.5, 0.6) is 0 Å². The number of hydrogen-bond acceptors (Lipinski definition) is 14. The van der Waals surface area contributed by atoms with Gasteiger partial charge in [0.1, 0.15) is 16.4 Å². The molecule has 3 fully saturated rings. The molecule has 5 aliphatic rings. The molecule has 8 aromatic rings. The fourth-order valence-corrected chi connectivity index (χ4v) is 11.5. The Morgan fingerprint density at radius 3 is 1.90 bits per heavy atom. The number of benzene rings is 4. The van der Waals surface area contributed by atoms with E-state index in [1.807, 2.05) is 24.3 Å². The fourth-order valence-electron chi connectivity index (χ4n) is 11.4. The van der Waals surface area contributed by atoms with Crippen LogP contribution < -0.4 is 5.32 Å². The molecule has 0 radical (unpaired) electrons. The van der Waals surface area contributed by atoms with Crippen LogP contribution in [0.1, 0.15) is 137 Å². The lowest BCUT2D eigenvalue weighted by Crippen LogP contribution is -2.41. The van der Waals surface area contributed by atoms with E-state index >= 15 is 0 Å². The third-order valence-corrected chi connectivity index (χ3v) is 16.5. The number of imide groups is 1. The molecule has 4 aromatic carbocycles.